The summed E-state index contributed by atoms with van der Waals surface area (Å²) >= 11 is 0. The highest BCUT2D eigenvalue weighted by Crippen LogP contribution is 2.31. The van der Waals surface area contributed by atoms with Gasteiger partial charge in [0.05, 0.1) is 5.92 Å². The summed E-state index contributed by atoms with van der Waals surface area (Å²) < 4.78 is 0. The lowest BCUT2D eigenvalue weighted by molar-refractivity contribution is -0.142. The third kappa shape index (κ3) is 3.09. The van der Waals surface area contributed by atoms with Gasteiger partial charge in [-0.15, -0.1) is 0 Å². The van der Waals surface area contributed by atoms with E-state index < -0.39 is 5.97 Å². The van der Waals surface area contributed by atoms with Gasteiger partial charge in [0, 0.05) is 18.8 Å². The maximum Gasteiger partial charge on any atom is 0.306 e. The summed E-state index contributed by atoms with van der Waals surface area (Å²) in [7, 11) is 2.13. The highest BCUT2D eigenvalue weighted by Gasteiger charge is 2.28. The Balaban J connectivity index is 2.07. The van der Waals surface area contributed by atoms with E-state index in [1.165, 1.54) is 16.8 Å². The molecule has 104 valence electrons. The summed E-state index contributed by atoms with van der Waals surface area (Å²) in [5, 5.41) is 9.05. The van der Waals surface area contributed by atoms with Crippen LogP contribution in [0, 0.1) is 19.8 Å². The third-order valence-corrected chi connectivity index (χ3v) is 4.34. The van der Waals surface area contributed by atoms with Gasteiger partial charge < -0.3 is 10.0 Å². The van der Waals surface area contributed by atoms with Crippen LogP contribution in [-0.4, -0.2) is 24.2 Å². The monoisotopic (exact) mass is 261 g/mol. The van der Waals surface area contributed by atoms with Gasteiger partial charge in [0.2, 0.25) is 0 Å². The van der Waals surface area contributed by atoms with Gasteiger partial charge in [-0.25, -0.2) is 0 Å². The highest BCUT2D eigenvalue weighted by atomic mass is 16.4. The van der Waals surface area contributed by atoms with Crippen molar-refractivity contribution in [3.05, 3.63) is 29.3 Å². The summed E-state index contributed by atoms with van der Waals surface area (Å²) in [4.78, 5) is 13.3. The Morgan fingerprint density at radius 3 is 2.42 bits per heavy atom. The third-order valence-electron chi connectivity index (χ3n) is 4.34. The number of aryl methyl sites for hydroxylation is 2. The molecule has 0 atom stereocenters. The smallest absolute Gasteiger partial charge is 0.306 e. The largest absolute Gasteiger partial charge is 0.481 e. The minimum atomic E-state index is -0.632. The molecule has 0 aliphatic heterocycles. The first-order valence-electron chi connectivity index (χ1n) is 7.02. The molecule has 1 N–H and O–H groups in total. The van der Waals surface area contributed by atoms with E-state index in [0.29, 0.717) is 6.04 Å². The molecule has 1 fully saturated rings. The van der Waals surface area contributed by atoms with Gasteiger partial charge in [-0.2, -0.15) is 0 Å². The quantitative estimate of drug-likeness (QED) is 0.906. The van der Waals surface area contributed by atoms with Crippen molar-refractivity contribution in [3.8, 4) is 0 Å². The maximum atomic E-state index is 11.0. The minimum absolute atomic E-state index is 0.136. The average molecular weight is 261 g/mol. The van der Waals surface area contributed by atoms with E-state index in [0.717, 1.165) is 25.7 Å². The molecule has 1 saturated carbocycles. The van der Waals surface area contributed by atoms with Crippen molar-refractivity contribution in [2.24, 2.45) is 5.92 Å². The van der Waals surface area contributed by atoms with Crippen LogP contribution in [0.25, 0.3) is 0 Å². The first-order chi connectivity index (χ1) is 8.99. The number of hydrogen-bond acceptors (Lipinski definition) is 2. The maximum absolute atomic E-state index is 11.0. The molecule has 0 saturated heterocycles. The summed E-state index contributed by atoms with van der Waals surface area (Å²) in [6, 6.07) is 6.98. The molecular formula is C16H23NO2. The van der Waals surface area contributed by atoms with Crippen LogP contribution >= 0.6 is 0 Å². The van der Waals surface area contributed by atoms with E-state index in [1.807, 2.05) is 0 Å². The molecule has 3 nitrogen and oxygen atoms in total. The lowest BCUT2D eigenvalue weighted by atomic mass is 9.85. The standard InChI is InChI=1S/C16H23NO2/c1-11-4-5-12(2)15(10-11)17(3)14-8-6-13(7-9-14)16(18)19/h4-5,10,13-14H,6-9H2,1-3H3,(H,18,19). The van der Waals surface area contributed by atoms with E-state index in [1.54, 1.807) is 0 Å². The lowest BCUT2D eigenvalue weighted by Crippen LogP contribution is -2.37. The molecule has 3 heteroatoms. The number of benzene rings is 1. The molecule has 0 spiro atoms. The molecule has 1 aromatic rings. The number of nitrogens with zero attached hydrogens (tertiary/aromatic N) is 1. The Morgan fingerprint density at radius 1 is 1.21 bits per heavy atom. The Hall–Kier alpha value is -1.51. The number of hydrogen-bond donors (Lipinski definition) is 1. The highest BCUT2D eigenvalue weighted by molar-refractivity contribution is 5.70. The Bertz CT molecular complexity index is 462. The first-order valence-corrected chi connectivity index (χ1v) is 7.02. The van der Waals surface area contributed by atoms with Crippen molar-refractivity contribution < 1.29 is 9.90 Å². The predicted octanol–water partition coefficient (Wildman–Crippen LogP) is 3.38. The molecule has 19 heavy (non-hydrogen) atoms. The summed E-state index contributed by atoms with van der Waals surface area (Å²) in [5.41, 5.74) is 3.83. The van der Waals surface area contributed by atoms with Gasteiger partial charge in [0.15, 0.2) is 0 Å². The Kier molecular flexibility index (Phi) is 4.13. The van der Waals surface area contributed by atoms with Gasteiger partial charge in [0.25, 0.3) is 0 Å². The van der Waals surface area contributed by atoms with Crippen LogP contribution in [0.15, 0.2) is 18.2 Å². The van der Waals surface area contributed by atoms with Crippen molar-refractivity contribution >= 4 is 11.7 Å². The molecular weight excluding hydrogens is 238 g/mol. The van der Waals surface area contributed by atoms with Crippen molar-refractivity contribution in [3.63, 3.8) is 0 Å². The van der Waals surface area contributed by atoms with Crippen molar-refractivity contribution in [1.82, 2.24) is 0 Å². The molecule has 0 heterocycles. The van der Waals surface area contributed by atoms with Gasteiger partial charge in [-0.05, 0) is 56.7 Å². The van der Waals surface area contributed by atoms with Crippen LogP contribution in [-0.2, 0) is 4.79 Å². The van der Waals surface area contributed by atoms with Crippen LogP contribution in [0.5, 0.6) is 0 Å². The van der Waals surface area contributed by atoms with Gasteiger partial charge in [-0.3, -0.25) is 4.79 Å². The van der Waals surface area contributed by atoms with Gasteiger partial charge in [-0.1, -0.05) is 12.1 Å². The number of carboxylic acids is 1. The van der Waals surface area contributed by atoms with Gasteiger partial charge in [0.1, 0.15) is 0 Å². The number of carboxylic acid groups (broad SMARTS) is 1. The zero-order valence-corrected chi connectivity index (χ0v) is 12.0. The second-order valence-electron chi connectivity index (χ2n) is 5.74. The van der Waals surface area contributed by atoms with Crippen LogP contribution in [0.4, 0.5) is 5.69 Å². The second kappa shape index (κ2) is 5.64. The van der Waals surface area contributed by atoms with E-state index in [-0.39, 0.29) is 5.92 Å². The van der Waals surface area contributed by atoms with Crippen LogP contribution in [0.3, 0.4) is 0 Å². The molecule has 1 aliphatic carbocycles. The van der Waals surface area contributed by atoms with E-state index in [9.17, 15) is 4.79 Å². The Morgan fingerprint density at radius 2 is 1.84 bits per heavy atom. The average Bonchev–Trinajstić information content (AvgIpc) is 2.41. The van der Waals surface area contributed by atoms with Crippen LogP contribution < -0.4 is 4.90 Å². The number of carbonyl (C=O) groups is 1. The normalized spacial score (nSPS) is 23.1. The molecule has 0 amide bonds. The van der Waals surface area contributed by atoms with E-state index in [2.05, 4.69) is 44.0 Å². The molecule has 1 aromatic carbocycles. The van der Waals surface area contributed by atoms with Gasteiger partial charge >= 0.3 is 5.97 Å². The minimum Gasteiger partial charge on any atom is -0.481 e. The fourth-order valence-electron chi connectivity index (χ4n) is 3.01. The fraction of sp³-hybridized carbons (Fsp3) is 0.562. The van der Waals surface area contributed by atoms with E-state index in [4.69, 9.17) is 5.11 Å². The summed E-state index contributed by atoms with van der Waals surface area (Å²) in [6.07, 6.45) is 3.55. The number of rotatable bonds is 3. The molecule has 1 aliphatic rings. The predicted molar refractivity (Wildman–Crippen MR) is 77.7 cm³/mol. The van der Waals surface area contributed by atoms with Crippen molar-refractivity contribution in [2.75, 3.05) is 11.9 Å². The molecule has 0 bridgehead atoms. The molecule has 0 aromatic heterocycles. The first kappa shape index (κ1) is 13.9. The van der Waals surface area contributed by atoms with Crippen LogP contribution in [0.1, 0.15) is 36.8 Å². The SMILES string of the molecule is Cc1ccc(C)c(N(C)C2CCC(C(=O)O)CC2)c1. The summed E-state index contributed by atoms with van der Waals surface area (Å²) in [6.45, 7) is 4.24. The number of anilines is 1. The zero-order valence-electron chi connectivity index (χ0n) is 12.0. The van der Waals surface area contributed by atoms with Crippen LogP contribution in [0.2, 0.25) is 0 Å². The summed E-state index contributed by atoms with van der Waals surface area (Å²) in [5.74, 6) is -0.768. The van der Waals surface area contributed by atoms with E-state index >= 15 is 0 Å². The topological polar surface area (TPSA) is 40.5 Å². The van der Waals surface area contributed by atoms with Crippen molar-refractivity contribution in [2.45, 2.75) is 45.6 Å². The zero-order chi connectivity index (χ0) is 14.0. The van der Waals surface area contributed by atoms with Crippen molar-refractivity contribution in [1.29, 1.82) is 0 Å². The molecule has 0 radical (unpaired) electrons. The fourth-order valence-corrected chi connectivity index (χ4v) is 3.01. The Labute approximate surface area is 115 Å². The lowest BCUT2D eigenvalue weighted by Gasteiger charge is -2.35. The molecule has 0 unspecified atom stereocenters. The molecule has 2 rings (SSSR count). The second-order valence-corrected chi connectivity index (χ2v) is 5.74. The number of aliphatic carboxylic acids is 1.